The Morgan fingerprint density at radius 1 is 1.42 bits per heavy atom. The predicted molar refractivity (Wildman–Crippen MR) is 68.6 cm³/mol. The minimum Gasteiger partial charge on any atom is -0.398 e. The molecule has 1 saturated heterocycles. The molecule has 0 saturated carbocycles. The molecular formula is C13H18F3N3. The van der Waals surface area contributed by atoms with Crippen LogP contribution in [0.25, 0.3) is 0 Å². The molecule has 1 aromatic rings. The smallest absolute Gasteiger partial charge is 0.398 e. The second-order valence-corrected chi connectivity index (χ2v) is 3.27. The van der Waals surface area contributed by atoms with Crippen LogP contribution in [0.5, 0.6) is 0 Å². The third-order valence-electron chi connectivity index (χ3n) is 1.90. The standard InChI is InChI=1S/C13H18F3N3/c1-18-4-6-19(7-5-18)9-10-2-3-12(17)11(8-10)13(14,15)16/h2-3,8H,4-7,9,17H2,1H3/i1D3,2D,3D,4D2,5D2,6D2,7D2,8D,9D2. The molecule has 0 atom stereocenters. The molecular weight excluding hydrogens is 255 g/mol. The van der Waals surface area contributed by atoms with Crippen LogP contribution in [0.4, 0.5) is 18.9 Å². The fraction of sp³-hybridized carbons (Fsp3) is 0.538. The topological polar surface area (TPSA) is 32.5 Å². The Labute approximate surface area is 133 Å². The van der Waals surface area contributed by atoms with E-state index in [9.17, 15) is 13.2 Å². The van der Waals surface area contributed by atoms with Gasteiger partial charge < -0.3 is 10.6 Å². The molecule has 0 aliphatic carbocycles. The first-order chi connectivity index (χ1) is 15.1. The quantitative estimate of drug-likeness (QED) is 0.846. The van der Waals surface area contributed by atoms with Gasteiger partial charge in [0.05, 0.1) is 9.68 Å². The molecule has 1 aliphatic heterocycles. The minimum atomic E-state index is -5.49. The lowest BCUT2D eigenvalue weighted by atomic mass is 10.1. The molecule has 0 amide bonds. The number of nitrogens with two attached hydrogens (primary N) is 1. The monoisotopic (exact) mass is 289 g/mol. The average molecular weight is 289 g/mol. The number of benzene rings is 1. The van der Waals surface area contributed by atoms with Gasteiger partial charge >= 0.3 is 6.18 Å². The first-order valence-corrected chi connectivity index (χ1v) is 4.70. The summed E-state index contributed by atoms with van der Waals surface area (Å²) < 4.78 is 167. The van der Waals surface area contributed by atoms with E-state index in [0.717, 1.165) is 0 Å². The fourth-order valence-corrected chi connectivity index (χ4v) is 1.12. The molecule has 3 nitrogen and oxygen atoms in total. The molecule has 2 rings (SSSR count). The van der Waals surface area contributed by atoms with Gasteiger partial charge in [0.2, 0.25) is 0 Å². The minimum absolute atomic E-state index is 0.775. The Kier molecular flexibility index (Phi) is 1.17. The number of nitrogens with zero attached hydrogens (tertiary/aromatic N) is 2. The number of rotatable bonds is 2. The van der Waals surface area contributed by atoms with Gasteiger partial charge in [-0.15, -0.1) is 0 Å². The number of hydrogen-bond donors (Lipinski definition) is 1. The van der Waals surface area contributed by atoms with Crippen LogP contribution in [0.3, 0.4) is 0 Å². The van der Waals surface area contributed by atoms with E-state index >= 15 is 0 Å². The average Bonchev–Trinajstić information content (AvgIpc) is 2.54. The van der Waals surface area contributed by atoms with E-state index in [1.54, 1.807) is 0 Å². The van der Waals surface area contributed by atoms with Crippen molar-refractivity contribution < 1.29 is 35.1 Å². The fourth-order valence-electron chi connectivity index (χ4n) is 1.12. The highest BCUT2D eigenvalue weighted by atomic mass is 19.4. The van der Waals surface area contributed by atoms with E-state index in [-0.39, 0.29) is 0 Å². The van der Waals surface area contributed by atoms with Gasteiger partial charge in [0.25, 0.3) is 0 Å². The molecule has 0 radical (unpaired) electrons. The molecule has 1 aliphatic rings. The van der Waals surface area contributed by atoms with Gasteiger partial charge in [0.1, 0.15) is 0 Å². The van der Waals surface area contributed by atoms with Gasteiger partial charge in [-0.25, -0.2) is 0 Å². The first kappa shape index (κ1) is 4.11. The van der Waals surface area contributed by atoms with Crippen LogP contribution >= 0.6 is 0 Å². The lowest BCUT2D eigenvalue weighted by molar-refractivity contribution is -0.137. The van der Waals surface area contributed by atoms with Crippen molar-refractivity contribution in [1.82, 2.24) is 9.80 Å². The summed E-state index contributed by atoms with van der Waals surface area (Å²) in [5.74, 6) is 0. The van der Waals surface area contributed by atoms with Gasteiger partial charge in [0.15, 0.2) is 0 Å². The third-order valence-corrected chi connectivity index (χ3v) is 1.90. The summed E-state index contributed by atoms with van der Waals surface area (Å²) >= 11 is 0. The molecule has 0 bridgehead atoms. The molecule has 1 aromatic carbocycles. The molecule has 2 N–H and O–H groups in total. The number of hydrogen-bond acceptors (Lipinski definition) is 3. The maximum Gasteiger partial charge on any atom is 0.418 e. The molecule has 0 aromatic heterocycles. The number of nitrogen functional groups attached to an aromatic ring is 1. The SMILES string of the molecule is [2H]c1c([2H])c(C([2H])([2H])N2C([2H])([2H])C([2H])([2H])N(C([2H])([2H])[2H])C([2H])([2H])C2([2H])[2H])c([2H])c(C(F)(F)F)c1N. The van der Waals surface area contributed by atoms with Crippen LogP contribution in [0, 0.1) is 0 Å². The van der Waals surface area contributed by atoms with Gasteiger partial charge in [-0.3, -0.25) is 4.90 Å². The predicted octanol–water partition coefficient (Wildman–Crippen LogP) is 2.04. The maximum atomic E-state index is 13.5. The Bertz CT molecular complexity index is 1010. The van der Waals surface area contributed by atoms with Crippen molar-refractivity contribution in [3.05, 3.63) is 29.3 Å². The lowest BCUT2D eigenvalue weighted by Gasteiger charge is -2.32. The third kappa shape index (κ3) is 3.61. The van der Waals surface area contributed by atoms with E-state index in [2.05, 4.69) is 0 Å². The molecule has 19 heavy (non-hydrogen) atoms. The van der Waals surface area contributed by atoms with Crippen molar-refractivity contribution in [2.75, 3.05) is 38.7 Å². The van der Waals surface area contributed by atoms with Crippen LogP contribution in [0.15, 0.2) is 18.1 Å². The molecule has 0 spiro atoms. The lowest BCUT2D eigenvalue weighted by Crippen LogP contribution is -2.43. The highest BCUT2D eigenvalue weighted by Crippen LogP contribution is 2.34. The first-order valence-electron chi connectivity index (χ1n) is 12.7. The van der Waals surface area contributed by atoms with E-state index in [1.165, 1.54) is 0 Å². The zero-order valence-electron chi connectivity index (χ0n) is 25.1. The van der Waals surface area contributed by atoms with Crippen molar-refractivity contribution in [3.63, 3.8) is 0 Å². The summed E-state index contributed by atoms with van der Waals surface area (Å²) in [6.45, 7) is -24.4. The molecule has 0 unspecified atom stereocenters. The number of likely N-dealkylation sites (N-methyl/N-ethyl adjacent to an activating group) is 1. The Balaban J connectivity index is 3.04. The van der Waals surface area contributed by atoms with Crippen molar-refractivity contribution in [3.8, 4) is 0 Å². The van der Waals surface area contributed by atoms with Crippen molar-refractivity contribution in [1.29, 1.82) is 0 Å². The highest BCUT2D eigenvalue weighted by molar-refractivity contribution is 5.50. The second kappa shape index (κ2) is 5.38. The van der Waals surface area contributed by atoms with Gasteiger partial charge in [0, 0.05) is 56.0 Å². The molecule has 1 heterocycles. The normalized spacial score (nSPS) is 43.1. The molecule has 1 fully saturated rings. The van der Waals surface area contributed by atoms with E-state index in [4.69, 9.17) is 27.7 Å². The van der Waals surface area contributed by atoms with Crippen molar-refractivity contribution in [2.24, 2.45) is 0 Å². The van der Waals surface area contributed by atoms with Gasteiger partial charge in [-0.05, 0) is 24.6 Å². The highest BCUT2D eigenvalue weighted by Gasteiger charge is 2.33. The summed E-state index contributed by atoms with van der Waals surface area (Å²) in [6.07, 6.45) is -5.49. The van der Waals surface area contributed by atoms with Crippen LogP contribution in [-0.2, 0) is 12.7 Å². The maximum absolute atomic E-state index is 13.5. The van der Waals surface area contributed by atoms with Crippen molar-refractivity contribution >= 4 is 5.69 Å². The summed E-state index contributed by atoms with van der Waals surface area (Å²) in [5.41, 5.74) is -0.114. The van der Waals surface area contributed by atoms with Crippen LogP contribution in [0.1, 0.15) is 33.1 Å². The van der Waals surface area contributed by atoms with Crippen LogP contribution < -0.4 is 5.73 Å². The zero-order chi connectivity index (χ0) is 28.1. The number of piperazine rings is 1. The summed E-state index contributed by atoms with van der Waals surface area (Å²) in [5, 5.41) is 0. The number of anilines is 1. The number of halogens is 3. The molecule has 6 heteroatoms. The Morgan fingerprint density at radius 2 is 2.11 bits per heavy atom. The van der Waals surface area contributed by atoms with Crippen LogP contribution in [0.2, 0.25) is 0 Å². The van der Waals surface area contributed by atoms with E-state index in [1.807, 2.05) is 0 Å². The Hall–Kier alpha value is -1.27. The number of alkyl halides is 3. The zero-order valence-corrected chi connectivity index (χ0v) is 9.11. The molecule has 106 valence electrons. The van der Waals surface area contributed by atoms with Gasteiger partial charge in [-0.1, -0.05) is 6.04 Å². The largest absolute Gasteiger partial charge is 0.418 e. The van der Waals surface area contributed by atoms with Crippen molar-refractivity contribution in [2.45, 2.75) is 12.7 Å². The second-order valence-electron chi connectivity index (χ2n) is 3.27. The van der Waals surface area contributed by atoms with E-state index < -0.39 is 90.4 Å². The Morgan fingerprint density at radius 3 is 2.68 bits per heavy atom. The summed E-state index contributed by atoms with van der Waals surface area (Å²) in [6, 6.07) is -4.86. The summed E-state index contributed by atoms with van der Waals surface area (Å²) in [4.78, 5) is -1.61. The van der Waals surface area contributed by atoms with E-state index in [0.29, 0.717) is 0 Å². The van der Waals surface area contributed by atoms with Crippen LogP contribution in [-0.4, -0.2) is 42.8 Å². The van der Waals surface area contributed by atoms with Gasteiger partial charge in [-0.2, -0.15) is 13.2 Å². The summed E-state index contributed by atoms with van der Waals surface area (Å²) in [7, 11) is 0.